The molecule has 2 rings (SSSR count). The summed E-state index contributed by atoms with van der Waals surface area (Å²) in [6.45, 7) is 4.52. The second-order valence-electron chi connectivity index (χ2n) is 8.18. The second kappa shape index (κ2) is 11.7. The molecule has 2 atom stereocenters. The van der Waals surface area contributed by atoms with Gasteiger partial charge in [-0.1, -0.05) is 38.1 Å². The SMILES string of the molecule is CC[C@@](C)(c1ccc(O)cc1)[C@H](CCCC(=O)N(CCO)CCO)c1ccc(O)cc1. The van der Waals surface area contributed by atoms with E-state index in [9.17, 15) is 15.0 Å². The first-order chi connectivity index (χ1) is 14.8. The zero-order valence-electron chi connectivity index (χ0n) is 18.5. The molecular weight excluding hydrogens is 394 g/mol. The van der Waals surface area contributed by atoms with Gasteiger partial charge in [-0.05, 0) is 66.0 Å². The number of aliphatic hydroxyl groups is 2. The number of aromatic hydroxyl groups is 2. The van der Waals surface area contributed by atoms with Gasteiger partial charge in [-0.15, -0.1) is 0 Å². The average molecular weight is 430 g/mol. The summed E-state index contributed by atoms with van der Waals surface area (Å²) >= 11 is 0. The van der Waals surface area contributed by atoms with Crippen LogP contribution in [0.25, 0.3) is 0 Å². The molecule has 6 heteroatoms. The fourth-order valence-corrected chi connectivity index (χ4v) is 4.27. The van der Waals surface area contributed by atoms with Gasteiger partial charge in [-0.25, -0.2) is 0 Å². The Balaban J connectivity index is 2.25. The van der Waals surface area contributed by atoms with Crippen LogP contribution in [-0.2, 0) is 10.2 Å². The summed E-state index contributed by atoms with van der Waals surface area (Å²) in [5.41, 5.74) is 1.97. The molecule has 0 heterocycles. The molecule has 0 aliphatic carbocycles. The average Bonchev–Trinajstić information content (AvgIpc) is 2.77. The maximum Gasteiger partial charge on any atom is 0.222 e. The third kappa shape index (κ3) is 6.45. The number of amides is 1. The number of hydrogen-bond donors (Lipinski definition) is 4. The van der Waals surface area contributed by atoms with Crippen LogP contribution in [0.4, 0.5) is 0 Å². The smallest absolute Gasteiger partial charge is 0.222 e. The van der Waals surface area contributed by atoms with Gasteiger partial charge < -0.3 is 25.3 Å². The van der Waals surface area contributed by atoms with Gasteiger partial charge in [0.1, 0.15) is 11.5 Å². The normalized spacial score (nSPS) is 14.1. The van der Waals surface area contributed by atoms with Gasteiger partial charge in [-0.2, -0.15) is 0 Å². The maximum absolute atomic E-state index is 12.6. The minimum atomic E-state index is -0.233. The van der Waals surface area contributed by atoms with E-state index >= 15 is 0 Å². The number of nitrogens with zero attached hydrogens (tertiary/aromatic N) is 1. The van der Waals surface area contributed by atoms with Crippen LogP contribution in [0.15, 0.2) is 48.5 Å². The first-order valence-corrected chi connectivity index (χ1v) is 10.9. The number of carbonyl (C=O) groups excluding carboxylic acids is 1. The van der Waals surface area contributed by atoms with Crippen molar-refractivity contribution in [3.8, 4) is 11.5 Å². The van der Waals surface area contributed by atoms with E-state index in [0.29, 0.717) is 12.8 Å². The third-order valence-corrected chi connectivity index (χ3v) is 6.30. The Morgan fingerprint density at radius 1 is 0.935 bits per heavy atom. The van der Waals surface area contributed by atoms with E-state index in [1.165, 1.54) is 4.90 Å². The lowest BCUT2D eigenvalue weighted by Gasteiger charge is -2.38. The molecule has 0 aromatic heterocycles. The van der Waals surface area contributed by atoms with Crippen molar-refractivity contribution < 1.29 is 25.2 Å². The van der Waals surface area contributed by atoms with Crippen molar-refractivity contribution in [2.45, 2.75) is 50.9 Å². The zero-order valence-corrected chi connectivity index (χ0v) is 18.5. The van der Waals surface area contributed by atoms with Crippen molar-refractivity contribution in [3.63, 3.8) is 0 Å². The van der Waals surface area contributed by atoms with Crippen LogP contribution in [0.1, 0.15) is 56.6 Å². The highest BCUT2D eigenvalue weighted by molar-refractivity contribution is 5.76. The second-order valence-corrected chi connectivity index (χ2v) is 8.18. The number of hydrogen-bond acceptors (Lipinski definition) is 5. The zero-order chi connectivity index (χ0) is 22.9. The molecule has 6 nitrogen and oxygen atoms in total. The lowest BCUT2D eigenvalue weighted by Crippen LogP contribution is -2.36. The highest BCUT2D eigenvalue weighted by Crippen LogP contribution is 2.45. The number of carbonyl (C=O) groups is 1. The van der Waals surface area contributed by atoms with Crippen molar-refractivity contribution in [1.29, 1.82) is 0 Å². The minimum Gasteiger partial charge on any atom is -0.508 e. The molecule has 0 unspecified atom stereocenters. The van der Waals surface area contributed by atoms with Gasteiger partial charge in [0.15, 0.2) is 0 Å². The van der Waals surface area contributed by atoms with Gasteiger partial charge in [-0.3, -0.25) is 4.79 Å². The number of phenolic OH excluding ortho intramolecular Hbond substituents is 2. The van der Waals surface area contributed by atoms with Crippen molar-refractivity contribution in [1.82, 2.24) is 4.90 Å². The van der Waals surface area contributed by atoms with Gasteiger partial charge in [0.25, 0.3) is 0 Å². The van der Waals surface area contributed by atoms with E-state index in [4.69, 9.17) is 10.2 Å². The summed E-state index contributed by atoms with van der Waals surface area (Å²) in [6.07, 6.45) is 2.61. The summed E-state index contributed by atoms with van der Waals surface area (Å²) < 4.78 is 0. The van der Waals surface area contributed by atoms with E-state index in [-0.39, 0.29) is 55.0 Å². The summed E-state index contributed by atoms with van der Waals surface area (Å²) in [6, 6.07) is 14.5. The predicted octanol–water partition coefficient (Wildman–Crippen LogP) is 3.53. The summed E-state index contributed by atoms with van der Waals surface area (Å²) in [7, 11) is 0. The predicted molar refractivity (Wildman–Crippen MR) is 121 cm³/mol. The van der Waals surface area contributed by atoms with E-state index < -0.39 is 0 Å². The number of phenols is 2. The standard InChI is InChI=1S/C25H35NO5/c1-3-25(2,20-9-13-22(30)14-10-20)23(19-7-11-21(29)12-8-19)5-4-6-24(31)26(15-17-27)16-18-28/h7-14,23,27-30H,3-6,15-18H2,1-2H3/t23-,25+/m1/s1. The van der Waals surface area contributed by atoms with E-state index in [1.807, 2.05) is 24.3 Å². The van der Waals surface area contributed by atoms with Gasteiger partial charge in [0.2, 0.25) is 5.91 Å². The van der Waals surface area contributed by atoms with Crippen LogP contribution in [0, 0.1) is 0 Å². The Morgan fingerprint density at radius 3 is 1.94 bits per heavy atom. The Labute approximate surface area is 184 Å². The quantitative estimate of drug-likeness (QED) is 0.413. The molecule has 2 aromatic rings. The van der Waals surface area contributed by atoms with Gasteiger partial charge >= 0.3 is 0 Å². The first kappa shape index (κ1) is 24.7. The molecule has 0 saturated carbocycles. The van der Waals surface area contributed by atoms with Crippen LogP contribution in [0.5, 0.6) is 11.5 Å². The molecule has 0 spiro atoms. The van der Waals surface area contributed by atoms with E-state index in [2.05, 4.69) is 13.8 Å². The van der Waals surface area contributed by atoms with Crippen LogP contribution < -0.4 is 0 Å². The molecular formula is C25H35NO5. The van der Waals surface area contributed by atoms with Crippen molar-refractivity contribution in [3.05, 3.63) is 59.7 Å². The Kier molecular flexibility index (Phi) is 9.34. The molecule has 0 aliphatic rings. The van der Waals surface area contributed by atoms with Crippen molar-refractivity contribution in [2.75, 3.05) is 26.3 Å². The van der Waals surface area contributed by atoms with Gasteiger partial charge in [0.05, 0.1) is 13.2 Å². The molecule has 1 amide bonds. The lowest BCUT2D eigenvalue weighted by atomic mass is 9.65. The maximum atomic E-state index is 12.6. The fraction of sp³-hybridized carbons (Fsp3) is 0.480. The monoisotopic (exact) mass is 429 g/mol. The lowest BCUT2D eigenvalue weighted by molar-refractivity contribution is -0.132. The van der Waals surface area contributed by atoms with Crippen LogP contribution in [-0.4, -0.2) is 57.5 Å². The third-order valence-electron chi connectivity index (χ3n) is 6.30. The summed E-state index contributed by atoms with van der Waals surface area (Å²) in [5, 5.41) is 37.8. The van der Waals surface area contributed by atoms with Crippen LogP contribution in [0.2, 0.25) is 0 Å². The Morgan fingerprint density at radius 2 is 1.45 bits per heavy atom. The Bertz CT molecular complexity index is 800. The first-order valence-electron chi connectivity index (χ1n) is 10.9. The van der Waals surface area contributed by atoms with E-state index in [1.54, 1.807) is 24.3 Å². The van der Waals surface area contributed by atoms with Crippen molar-refractivity contribution >= 4 is 5.91 Å². The summed E-state index contributed by atoms with van der Waals surface area (Å²) in [5.74, 6) is 0.459. The molecule has 31 heavy (non-hydrogen) atoms. The molecule has 0 radical (unpaired) electrons. The molecule has 0 fully saturated rings. The fourth-order valence-electron chi connectivity index (χ4n) is 4.27. The molecule has 170 valence electrons. The Hall–Kier alpha value is -2.57. The minimum absolute atomic E-state index is 0.0737. The molecule has 0 aliphatic heterocycles. The molecule has 0 saturated heterocycles. The van der Waals surface area contributed by atoms with E-state index in [0.717, 1.165) is 24.0 Å². The van der Waals surface area contributed by atoms with Crippen LogP contribution in [0.3, 0.4) is 0 Å². The molecule has 0 bridgehead atoms. The number of benzene rings is 2. The molecule has 2 aromatic carbocycles. The van der Waals surface area contributed by atoms with Crippen LogP contribution >= 0.6 is 0 Å². The van der Waals surface area contributed by atoms with Crippen molar-refractivity contribution in [2.24, 2.45) is 0 Å². The summed E-state index contributed by atoms with van der Waals surface area (Å²) in [4.78, 5) is 14.0. The largest absolute Gasteiger partial charge is 0.508 e. The highest BCUT2D eigenvalue weighted by Gasteiger charge is 2.35. The topological polar surface area (TPSA) is 101 Å². The van der Waals surface area contributed by atoms with Gasteiger partial charge in [0, 0.05) is 19.5 Å². The highest BCUT2D eigenvalue weighted by atomic mass is 16.3. The molecule has 4 N–H and O–H groups in total. The number of aliphatic hydroxyl groups excluding tert-OH is 2. The number of rotatable bonds is 12.